The third-order valence-corrected chi connectivity index (χ3v) is 17.5. The Morgan fingerprint density at radius 3 is 2.07 bits per heavy atom. The fourth-order valence-electron chi connectivity index (χ4n) is 12.3. The van der Waals surface area contributed by atoms with Gasteiger partial charge in [-0.05, 0) is 86.1 Å². The molecule has 4 aliphatic heterocycles. The van der Waals surface area contributed by atoms with Crippen molar-refractivity contribution < 1.29 is 122 Å². The van der Waals surface area contributed by atoms with E-state index in [4.69, 9.17) is 9.92 Å². The summed E-state index contributed by atoms with van der Waals surface area (Å²) in [4.78, 5) is 120. The van der Waals surface area contributed by atoms with Crippen molar-refractivity contribution in [3.05, 3.63) is 89.5 Å². The molecule has 29 nitrogen and oxygen atoms in total. The molecule has 0 bridgehead atoms. The first-order chi connectivity index (χ1) is 42.0. The largest absolute Gasteiger partial charge is 1.00 e. The third-order valence-electron chi connectivity index (χ3n) is 17.1. The second-order valence-electron chi connectivity index (χ2n) is 23.2. The molecule has 0 spiro atoms. The van der Waals surface area contributed by atoms with Crippen molar-refractivity contribution >= 4 is 65.3 Å². The van der Waals surface area contributed by atoms with Crippen LogP contribution in [-0.2, 0) is 49.4 Å². The monoisotopic (exact) mass is 1270 g/mol. The number of aromatic hydroxyl groups is 1. The Morgan fingerprint density at radius 1 is 0.764 bits per heavy atom. The fraction of sp³-hybridized carbons (Fsp3) is 0.552. The molecule has 0 aromatic heterocycles. The van der Waals surface area contributed by atoms with E-state index in [2.05, 4.69) is 70.0 Å². The molecule has 4 saturated heterocycles. The predicted molar refractivity (Wildman–Crippen MR) is 309 cm³/mol. The van der Waals surface area contributed by atoms with Crippen molar-refractivity contribution in [1.82, 2.24) is 41.3 Å². The van der Waals surface area contributed by atoms with Crippen LogP contribution >= 0.6 is 12.3 Å². The first kappa shape index (κ1) is 70.2. The Balaban J connectivity index is 0.0000113. The van der Waals surface area contributed by atoms with Crippen LogP contribution in [0, 0.1) is 5.92 Å². The number of piperazine rings is 1. The Labute approximate surface area is 539 Å². The summed E-state index contributed by atoms with van der Waals surface area (Å²) >= 11 is 0.00185. The number of nitrogens with one attached hydrogen (secondary N) is 5. The van der Waals surface area contributed by atoms with Crippen LogP contribution in [0.25, 0.3) is 0 Å². The zero-order valence-electron chi connectivity index (χ0n) is 49.5. The van der Waals surface area contributed by atoms with Crippen LogP contribution in [0.1, 0.15) is 86.2 Å². The van der Waals surface area contributed by atoms with E-state index in [1.807, 2.05) is 6.07 Å². The number of nitrogens with two attached hydrogens (primary N) is 1. The van der Waals surface area contributed by atoms with Gasteiger partial charge in [0.05, 0.1) is 43.0 Å². The van der Waals surface area contributed by atoms with E-state index in [1.165, 1.54) is 18.6 Å². The number of hydrogen-bond donors (Lipinski definition) is 13. The molecule has 5 aliphatic rings. The minimum Gasteiger partial charge on any atom is -0.691 e. The minimum absolute atomic E-state index is 0. The Bertz CT molecular complexity index is 2950. The maximum Gasteiger partial charge on any atom is 1.00 e. The van der Waals surface area contributed by atoms with Gasteiger partial charge in [-0.1, -0.05) is 43.3 Å². The van der Waals surface area contributed by atoms with Crippen molar-refractivity contribution in [2.45, 2.75) is 150 Å². The quantitative estimate of drug-likeness (QED) is 0.0208. The summed E-state index contributed by atoms with van der Waals surface area (Å²) in [6.07, 6.45) is -8.96. The van der Waals surface area contributed by atoms with Crippen LogP contribution < -0.4 is 76.2 Å². The Morgan fingerprint density at radius 2 is 1.42 bits per heavy atom. The fourth-order valence-corrected chi connectivity index (χ4v) is 12.6. The topological polar surface area (TPSA) is 428 Å². The van der Waals surface area contributed by atoms with Crippen LogP contribution in [0.15, 0.2) is 72.8 Å². The number of phenolic OH excluding ortho intramolecular Hbond substituents is 1. The van der Waals surface area contributed by atoms with E-state index in [9.17, 15) is 79.4 Å². The van der Waals surface area contributed by atoms with Crippen molar-refractivity contribution in [2.75, 3.05) is 50.7 Å². The maximum atomic E-state index is 14.7. The van der Waals surface area contributed by atoms with Crippen molar-refractivity contribution in [3.8, 4) is 11.5 Å². The first-order valence-corrected chi connectivity index (χ1v) is 29.9. The molecule has 3 aromatic carbocycles. The molecular weight excluding hydrogens is 1200 g/mol. The van der Waals surface area contributed by atoms with Crippen molar-refractivity contribution in [1.29, 1.82) is 0 Å². The van der Waals surface area contributed by atoms with Crippen LogP contribution in [-0.4, -0.2) is 222 Å². The van der Waals surface area contributed by atoms with Gasteiger partial charge in [-0.25, -0.2) is 0 Å². The first-order valence-electron chi connectivity index (χ1n) is 29.2. The van der Waals surface area contributed by atoms with Gasteiger partial charge in [-0.15, -0.1) is 4.33 Å². The molecule has 480 valence electrons. The number of benzene rings is 3. The standard InChI is InChI=1S/C58H78N10O19S.Na/c1-30-28-68-50(51(30)76)56(81)60-27-38(70)24-40(61-52(77)35-11-15-37(16-12-35)66-20-18-65(19-21-66)36-13-9-34(10-14-36)33-6-4-3-5-7-33)53(78)62-47(31(2)69)57(82)67-29-39(71)25-41(67)54(79)63-48(55(80)64-49(58(68)83)44(74)26-46(59)75)43(73)22-32-8-17-42(72)45(23-32)85-88-87-86-84;/h3-8,11-12,15-17,23,30-31,34,36,38-41,43-44,47-51,69-74,76,84H,9-10,13-14,18-22,24-29H2,1-2H3,(H2,59,75)(H,60,81)(H,61,77)(H,62,78)(H,63,79)(H,64,80);/q;+1/p-1/t30?,31?,34?,36?,38?,39?,40-,41?,43?,44?,47?,48?,49?,50?,51?;/m0./s1. The van der Waals surface area contributed by atoms with Crippen molar-refractivity contribution in [3.63, 3.8) is 0 Å². The number of β-amino-alcohol motifs (C(OH)–C–C–N with tert-alkyl or cyclic N) is 1. The van der Waals surface area contributed by atoms with E-state index in [0.29, 0.717) is 12.0 Å². The van der Waals surface area contributed by atoms with E-state index in [1.54, 1.807) is 24.3 Å². The van der Waals surface area contributed by atoms with Gasteiger partial charge in [0.25, 0.3) is 18.2 Å². The van der Waals surface area contributed by atoms with Gasteiger partial charge in [0.2, 0.25) is 41.4 Å². The van der Waals surface area contributed by atoms with Gasteiger partial charge in [0.15, 0.2) is 11.5 Å². The van der Waals surface area contributed by atoms with Gasteiger partial charge in [-0.2, -0.15) is 0 Å². The molecule has 3 aromatic rings. The number of rotatable bonds is 16. The molecule has 5 fully saturated rings. The molecule has 8 amide bonds. The summed E-state index contributed by atoms with van der Waals surface area (Å²) in [6.45, 7) is 4.16. The summed E-state index contributed by atoms with van der Waals surface area (Å²) in [5.41, 5.74) is 7.83. The summed E-state index contributed by atoms with van der Waals surface area (Å²) in [5, 5.41) is 104. The van der Waals surface area contributed by atoms with E-state index in [-0.39, 0.29) is 58.8 Å². The van der Waals surface area contributed by atoms with E-state index >= 15 is 0 Å². The normalized spacial score (nSPS) is 28.9. The molecule has 89 heavy (non-hydrogen) atoms. The number of nitrogens with zero attached hydrogens (tertiary/aromatic N) is 4. The Hall–Kier alpha value is -6.23. The molecule has 0 radical (unpaired) electrons. The number of hydrogen-bond acceptors (Lipinski definition) is 22. The van der Waals surface area contributed by atoms with Gasteiger partial charge in [-0.3, -0.25) is 48.3 Å². The van der Waals surface area contributed by atoms with Gasteiger partial charge in [0.1, 0.15) is 36.3 Å². The second-order valence-corrected chi connectivity index (χ2v) is 23.7. The van der Waals surface area contributed by atoms with E-state index in [0.717, 1.165) is 86.4 Å². The molecule has 12 unspecified atom stereocenters. The number of primary amides is 1. The van der Waals surface area contributed by atoms with Gasteiger partial charge < -0.3 is 92.2 Å². The van der Waals surface area contributed by atoms with Crippen molar-refractivity contribution in [2.24, 2.45) is 11.7 Å². The number of aliphatic hydroxyl groups is 6. The zero-order chi connectivity index (χ0) is 63.5. The average Bonchev–Trinajstić information content (AvgIpc) is 3.17. The summed E-state index contributed by atoms with van der Waals surface area (Å²) in [5.74, 6) is -10.4. The maximum absolute atomic E-state index is 14.7. The smallest absolute Gasteiger partial charge is 0.691 e. The molecule has 13 atom stereocenters. The zero-order valence-corrected chi connectivity index (χ0v) is 52.3. The number of phenols is 1. The summed E-state index contributed by atoms with van der Waals surface area (Å²) in [7, 11) is 0. The summed E-state index contributed by atoms with van der Waals surface area (Å²) < 4.78 is 9.16. The number of anilines is 1. The van der Waals surface area contributed by atoms with Gasteiger partial charge in [0, 0.05) is 88.3 Å². The number of carbonyl (C=O) groups excluding carboxylic acids is 8. The number of carbonyl (C=O) groups is 8. The molecular formula is C58H77N10NaO19S. The molecule has 31 heteroatoms. The minimum atomic E-state index is -2.21. The number of aliphatic hydroxyl groups excluding tert-OH is 6. The average molecular weight is 1270 g/mol. The van der Waals surface area contributed by atoms with Crippen LogP contribution in [0.3, 0.4) is 0 Å². The number of fused-ring (bicyclic) bond motifs is 2. The van der Waals surface area contributed by atoms with E-state index < -0.39 is 177 Å². The SMILES string of the molecule is CC(O)C1NC(=O)[C@@H](NC(=O)c2ccc(N3CCN(C4CCC(c5ccccc5)CC4)CC3)cc2)CC(O)CNC(=O)C2C(O)C(C)CN2C(=O)C(C(O)CC(N)=O)NC(=O)C(C(O)Cc2ccc(O)c(OSOO[O-])c2)NC(=O)C2CC(O)CN2C1=O.[Na+]. The molecule has 14 N–H and O–H groups in total. The third kappa shape index (κ3) is 17.8. The summed E-state index contributed by atoms with van der Waals surface area (Å²) in [6, 6.07) is 9.69. The Kier molecular flexibility index (Phi) is 25.4. The molecule has 1 saturated carbocycles. The molecule has 8 rings (SSSR count). The molecule has 4 heterocycles. The predicted octanol–water partition coefficient (Wildman–Crippen LogP) is -6.77. The number of amides is 8. The molecule has 1 aliphatic carbocycles. The van der Waals surface area contributed by atoms with Crippen LogP contribution in [0.4, 0.5) is 5.69 Å². The van der Waals surface area contributed by atoms with Gasteiger partial charge >= 0.3 is 29.6 Å². The second kappa shape index (κ2) is 32.2. The van der Waals surface area contributed by atoms with Crippen LogP contribution in [0.2, 0.25) is 0 Å². The van der Waals surface area contributed by atoms with Crippen LogP contribution in [0.5, 0.6) is 11.5 Å².